The molecule has 0 atom stereocenters. The molecule has 3 aromatic carbocycles. The second-order valence-corrected chi connectivity index (χ2v) is 8.67. The first-order chi connectivity index (χ1) is 14.4. The van der Waals surface area contributed by atoms with Crippen molar-refractivity contribution in [2.45, 2.75) is 39.7 Å². The first kappa shape index (κ1) is 21.9. The third kappa shape index (κ3) is 6.64. The van der Waals surface area contributed by atoms with Crippen molar-refractivity contribution in [3.63, 3.8) is 0 Å². The van der Waals surface area contributed by atoms with E-state index in [1.54, 1.807) is 0 Å². The van der Waals surface area contributed by atoms with E-state index in [0.29, 0.717) is 19.1 Å². The summed E-state index contributed by atoms with van der Waals surface area (Å²) < 4.78 is 17.8. The highest BCUT2D eigenvalue weighted by Crippen LogP contribution is 2.27. The highest BCUT2D eigenvalue weighted by Gasteiger charge is 2.21. The van der Waals surface area contributed by atoms with Crippen molar-refractivity contribution in [1.82, 2.24) is 0 Å². The lowest BCUT2D eigenvalue weighted by atomic mass is 9.85. The Morgan fingerprint density at radius 2 is 1.47 bits per heavy atom. The van der Waals surface area contributed by atoms with Crippen LogP contribution in [0.25, 0.3) is 0 Å². The minimum absolute atomic E-state index is 0.0886. The summed E-state index contributed by atoms with van der Waals surface area (Å²) in [6.07, 6.45) is 0. The van der Waals surface area contributed by atoms with Crippen LogP contribution in [0.5, 0.6) is 17.2 Å². The Bertz CT molecular complexity index is 899. The van der Waals surface area contributed by atoms with Gasteiger partial charge in [0.25, 0.3) is 0 Å². The molecule has 3 rings (SSSR count). The van der Waals surface area contributed by atoms with E-state index in [1.807, 2.05) is 60.7 Å². The van der Waals surface area contributed by atoms with Crippen LogP contribution in [0.2, 0.25) is 0 Å². The van der Waals surface area contributed by atoms with Gasteiger partial charge in [-0.15, -0.1) is 0 Å². The Morgan fingerprint density at radius 1 is 0.767 bits per heavy atom. The molecule has 0 unspecified atom stereocenters. The van der Waals surface area contributed by atoms with E-state index >= 15 is 0 Å². The van der Waals surface area contributed by atoms with Gasteiger partial charge in [0.2, 0.25) is 0 Å². The van der Waals surface area contributed by atoms with Gasteiger partial charge in [-0.3, -0.25) is 0 Å². The zero-order chi connectivity index (χ0) is 21.4. The van der Waals surface area contributed by atoms with Gasteiger partial charge in [0.15, 0.2) is 0 Å². The van der Waals surface area contributed by atoms with Gasteiger partial charge in [-0.2, -0.15) is 0 Å². The molecule has 0 spiro atoms. The van der Waals surface area contributed by atoms with Gasteiger partial charge in [0.1, 0.15) is 17.2 Å². The SMILES string of the molecule is CC(C)COc1ccc(C(C)(C)COCc2cccc(Oc3ccccc3)c2)cc1. The Kier molecular flexibility index (Phi) is 7.53. The third-order valence-electron chi connectivity index (χ3n) is 4.83. The quantitative estimate of drug-likeness (QED) is 0.364. The normalized spacial score (nSPS) is 11.5. The summed E-state index contributed by atoms with van der Waals surface area (Å²) in [6.45, 7) is 10.6. The monoisotopic (exact) mass is 404 g/mol. The summed E-state index contributed by atoms with van der Waals surface area (Å²) in [6, 6.07) is 26.2. The van der Waals surface area contributed by atoms with Crippen LogP contribution in [0.1, 0.15) is 38.8 Å². The first-order valence-electron chi connectivity index (χ1n) is 10.6. The van der Waals surface area contributed by atoms with E-state index in [2.05, 4.69) is 45.9 Å². The molecule has 0 fully saturated rings. The average molecular weight is 405 g/mol. The lowest BCUT2D eigenvalue weighted by Gasteiger charge is -2.25. The van der Waals surface area contributed by atoms with E-state index in [-0.39, 0.29) is 5.41 Å². The van der Waals surface area contributed by atoms with Gasteiger partial charge in [-0.1, -0.05) is 70.2 Å². The van der Waals surface area contributed by atoms with Crippen molar-refractivity contribution in [3.05, 3.63) is 90.0 Å². The number of benzene rings is 3. The Morgan fingerprint density at radius 3 is 2.17 bits per heavy atom. The van der Waals surface area contributed by atoms with Crippen LogP contribution in [0.15, 0.2) is 78.9 Å². The molecule has 0 saturated carbocycles. The average Bonchev–Trinajstić information content (AvgIpc) is 2.73. The van der Waals surface area contributed by atoms with Crippen LogP contribution in [0.4, 0.5) is 0 Å². The molecule has 0 aliphatic heterocycles. The van der Waals surface area contributed by atoms with Gasteiger partial charge < -0.3 is 14.2 Å². The molecule has 0 bridgehead atoms. The highest BCUT2D eigenvalue weighted by atomic mass is 16.5. The van der Waals surface area contributed by atoms with Crippen molar-refractivity contribution < 1.29 is 14.2 Å². The Labute approximate surface area is 180 Å². The standard InChI is InChI=1S/C27H32O3/c1-21(2)18-29-24-15-13-23(14-16-24)27(3,4)20-28-19-22-9-8-12-26(17-22)30-25-10-6-5-7-11-25/h5-17,21H,18-20H2,1-4H3. The number of hydrogen-bond acceptors (Lipinski definition) is 3. The van der Waals surface area contributed by atoms with Crippen molar-refractivity contribution in [1.29, 1.82) is 0 Å². The lowest BCUT2D eigenvalue weighted by molar-refractivity contribution is 0.0824. The number of hydrogen-bond donors (Lipinski definition) is 0. The molecular formula is C27H32O3. The number of ether oxygens (including phenoxy) is 3. The molecule has 0 amide bonds. The van der Waals surface area contributed by atoms with Crippen molar-refractivity contribution >= 4 is 0 Å². The van der Waals surface area contributed by atoms with Crippen LogP contribution in [0.3, 0.4) is 0 Å². The zero-order valence-electron chi connectivity index (χ0n) is 18.4. The van der Waals surface area contributed by atoms with Crippen molar-refractivity contribution in [2.24, 2.45) is 5.92 Å². The maximum absolute atomic E-state index is 6.07. The molecular weight excluding hydrogens is 372 g/mol. The summed E-state index contributed by atoms with van der Waals surface area (Å²) in [4.78, 5) is 0. The van der Waals surface area contributed by atoms with Gasteiger partial charge in [0.05, 0.1) is 19.8 Å². The smallest absolute Gasteiger partial charge is 0.127 e. The highest BCUT2D eigenvalue weighted by molar-refractivity contribution is 5.34. The largest absolute Gasteiger partial charge is 0.493 e. The predicted octanol–water partition coefficient (Wildman–Crippen LogP) is 7.01. The van der Waals surface area contributed by atoms with E-state index in [1.165, 1.54) is 5.56 Å². The maximum atomic E-state index is 6.07. The second kappa shape index (κ2) is 10.3. The Hall–Kier alpha value is -2.78. The van der Waals surface area contributed by atoms with Crippen LogP contribution >= 0.6 is 0 Å². The fourth-order valence-corrected chi connectivity index (χ4v) is 3.10. The minimum Gasteiger partial charge on any atom is -0.493 e. The third-order valence-corrected chi connectivity index (χ3v) is 4.83. The van der Waals surface area contributed by atoms with Gasteiger partial charge >= 0.3 is 0 Å². The summed E-state index contributed by atoms with van der Waals surface area (Å²) in [5.74, 6) is 3.08. The topological polar surface area (TPSA) is 27.7 Å². The lowest BCUT2D eigenvalue weighted by Crippen LogP contribution is -2.24. The molecule has 0 saturated heterocycles. The molecule has 0 aliphatic carbocycles. The molecule has 0 radical (unpaired) electrons. The van der Waals surface area contributed by atoms with Crippen LogP contribution in [0, 0.1) is 5.92 Å². The van der Waals surface area contributed by atoms with E-state index in [4.69, 9.17) is 14.2 Å². The maximum Gasteiger partial charge on any atom is 0.127 e. The first-order valence-corrected chi connectivity index (χ1v) is 10.6. The molecule has 158 valence electrons. The molecule has 0 aliphatic rings. The molecule has 0 N–H and O–H groups in total. The summed E-state index contributed by atoms with van der Waals surface area (Å²) >= 11 is 0. The summed E-state index contributed by atoms with van der Waals surface area (Å²) in [7, 11) is 0. The minimum atomic E-state index is -0.0886. The van der Waals surface area contributed by atoms with Gasteiger partial charge in [0, 0.05) is 5.41 Å². The molecule has 3 heteroatoms. The molecule has 3 nitrogen and oxygen atoms in total. The van der Waals surface area contributed by atoms with Crippen molar-refractivity contribution in [2.75, 3.05) is 13.2 Å². The fourth-order valence-electron chi connectivity index (χ4n) is 3.10. The van der Waals surface area contributed by atoms with Gasteiger partial charge in [-0.05, 0) is 53.4 Å². The van der Waals surface area contributed by atoms with E-state index in [9.17, 15) is 0 Å². The van der Waals surface area contributed by atoms with Crippen LogP contribution < -0.4 is 9.47 Å². The summed E-state index contributed by atoms with van der Waals surface area (Å²) in [5.41, 5.74) is 2.24. The van der Waals surface area contributed by atoms with E-state index in [0.717, 1.165) is 29.4 Å². The van der Waals surface area contributed by atoms with Crippen LogP contribution in [-0.4, -0.2) is 13.2 Å². The molecule has 30 heavy (non-hydrogen) atoms. The fraction of sp³-hybridized carbons (Fsp3) is 0.333. The number of rotatable bonds is 10. The van der Waals surface area contributed by atoms with Gasteiger partial charge in [-0.25, -0.2) is 0 Å². The predicted molar refractivity (Wildman–Crippen MR) is 122 cm³/mol. The molecule has 3 aromatic rings. The zero-order valence-corrected chi connectivity index (χ0v) is 18.4. The van der Waals surface area contributed by atoms with Crippen LogP contribution in [-0.2, 0) is 16.8 Å². The van der Waals surface area contributed by atoms with Crippen molar-refractivity contribution in [3.8, 4) is 17.2 Å². The van der Waals surface area contributed by atoms with E-state index < -0.39 is 0 Å². The summed E-state index contributed by atoms with van der Waals surface area (Å²) in [5, 5.41) is 0. The number of para-hydroxylation sites is 1. The Balaban J connectivity index is 1.53. The second-order valence-electron chi connectivity index (χ2n) is 8.67. The molecule has 0 aromatic heterocycles. The molecule has 0 heterocycles.